The van der Waals surface area contributed by atoms with Gasteiger partial charge >= 0.3 is 0 Å². The molecule has 1 fully saturated rings. The molecule has 3 N–H and O–H groups in total. The van der Waals surface area contributed by atoms with E-state index in [0.717, 1.165) is 0 Å². The summed E-state index contributed by atoms with van der Waals surface area (Å²) in [6, 6.07) is -0.309. The Morgan fingerprint density at radius 2 is 2.53 bits per heavy atom. The van der Waals surface area contributed by atoms with Gasteiger partial charge in [-0.15, -0.1) is 0 Å². The number of nitrogen functional groups attached to an aromatic ring is 1. The number of hydrogen-bond acceptors (Lipinski definition) is 5. The number of hydrogen-bond donors (Lipinski definition) is 2. The van der Waals surface area contributed by atoms with Gasteiger partial charge in [-0.1, -0.05) is 0 Å². The van der Waals surface area contributed by atoms with Gasteiger partial charge < -0.3 is 20.5 Å². The van der Waals surface area contributed by atoms with E-state index in [9.17, 15) is 9.90 Å². The summed E-state index contributed by atoms with van der Waals surface area (Å²) in [6.07, 6.45) is 1.45. The molecular formula is C10H16N4O3. The second-order valence-electron chi connectivity index (χ2n) is 3.98. The molecule has 1 amide bonds. The van der Waals surface area contributed by atoms with Gasteiger partial charge in [0.25, 0.3) is 5.91 Å². The minimum atomic E-state index is -0.309. The number of morpholine rings is 1. The molecule has 0 bridgehead atoms. The number of aryl methyl sites for hydroxylation is 1. The molecule has 17 heavy (non-hydrogen) atoms. The smallest absolute Gasteiger partial charge is 0.259 e. The van der Waals surface area contributed by atoms with Crippen LogP contribution in [0.15, 0.2) is 6.20 Å². The third kappa shape index (κ3) is 2.11. The Balaban J connectivity index is 2.21. The van der Waals surface area contributed by atoms with Gasteiger partial charge in [-0.3, -0.25) is 9.48 Å². The zero-order chi connectivity index (χ0) is 12.4. The average Bonchev–Trinajstić information content (AvgIpc) is 2.69. The molecule has 0 aliphatic carbocycles. The molecule has 94 valence electrons. The van der Waals surface area contributed by atoms with E-state index in [1.165, 1.54) is 10.9 Å². The van der Waals surface area contributed by atoms with Crippen molar-refractivity contribution < 1.29 is 14.6 Å². The standard InChI is InChI=1S/C10H16N4O3/c1-13-9(11)8(4-12-13)10(16)14-2-3-17-6-7(14)5-15/h4,7,15H,2-3,5-6,11H2,1H3. The molecule has 2 rings (SSSR count). The van der Waals surface area contributed by atoms with E-state index >= 15 is 0 Å². The van der Waals surface area contributed by atoms with Crippen LogP contribution in [0.5, 0.6) is 0 Å². The lowest BCUT2D eigenvalue weighted by Gasteiger charge is -2.34. The summed E-state index contributed by atoms with van der Waals surface area (Å²) in [7, 11) is 1.68. The van der Waals surface area contributed by atoms with E-state index in [1.807, 2.05) is 0 Å². The lowest BCUT2D eigenvalue weighted by molar-refractivity contribution is -0.0183. The number of carbonyl (C=O) groups is 1. The molecular weight excluding hydrogens is 224 g/mol. The predicted octanol–water partition coefficient (Wildman–Crippen LogP) is -1.16. The van der Waals surface area contributed by atoms with Gasteiger partial charge in [0, 0.05) is 13.6 Å². The molecule has 7 heteroatoms. The molecule has 0 spiro atoms. The fourth-order valence-corrected chi connectivity index (χ4v) is 1.84. The maximum atomic E-state index is 12.2. The van der Waals surface area contributed by atoms with E-state index in [2.05, 4.69) is 5.10 Å². The summed E-state index contributed by atoms with van der Waals surface area (Å²) < 4.78 is 6.66. The maximum absolute atomic E-state index is 12.2. The van der Waals surface area contributed by atoms with Crippen molar-refractivity contribution in [3.8, 4) is 0 Å². The minimum Gasteiger partial charge on any atom is -0.394 e. The molecule has 1 unspecified atom stereocenters. The number of aliphatic hydroxyl groups is 1. The fourth-order valence-electron chi connectivity index (χ4n) is 1.84. The number of nitrogens with zero attached hydrogens (tertiary/aromatic N) is 3. The number of anilines is 1. The van der Waals surface area contributed by atoms with E-state index in [4.69, 9.17) is 10.5 Å². The lowest BCUT2D eigenvalue weighted by Crippen LogP contribution is -2.50. The van der Waals surface area contributed by atoms with Crippen LogP contribution >= 0.6 is 0 Å². The van der Waals surface area contributed by atoms with Crippen LogP contribution in [-0.2, 0) is 11.8 Å². The van der Waals surface area contributed by atoms with Gasteiger partial charge in [0.15, 0.2) is 0 Å². The highest BCUT2D eigenvalue weighted by molar-refractivity contribution is 5.98. The first-order valence-corrected chi connectivity index (χ1v) is 5.42. The molecule has 1 aliphatic rings. The highest BCUT2D eigenvalue weighted by Gasteiger charge is 2.29. The lowest BCUT2D eigenvalue weighted by atomic mass is 10.2. The van der Waals surface area contributed by atoms with E-state index in [0.29, 0.717) is 31.1 Å². The monoisotopic (exact) mass is 240 g/mol. The molecule has 2 heterocycles. The van der Waals surface area contributed by atoms with Gasteiger partial charge in [0.05, 0.1) is 32.1 Å². The largest absolute Gasteiger partial charge is 0.394 e. The van der Waals surface area contributed by atoms with Crippen molar-refractivity contribution in [2.45, 2.75) is 6.04 Å². The van der Waals surface area contributed by atoms with Crippen LogP contribution in [0.25, 0.3) is 0 Å². The van der Waals surface area contributed by atoms with Crippen molar-refractivity contribution in [1.82, 2.24) is 14.7 Å². The third-order valence-corrected chi connectivity index (χ3v) is 2.91. The van der Waals surface area contributed by atoms with Crippen LogP contribution in [0.4, 0.5) is 5.82 Å². The van der Waals surface area contributed by atoms with E-state index < -0.39 is 0 Å². The van der Waals surface area contributed by atoms with Crippen LogP contribution in [0.2, 0.25) is 0 Å². The second kappa shape index (κ2) is 4.72. The van der Waals surface area contributed by atoms with Gasteiger partial charge in [0.1, 0.15) is 11.4 Å². The van der Waals surface area contributed by atoms with Crippen molar-refractivity contribution in [1.29, 1.82) is 0 Å². The van der Waals surface area contributed by atoms with Crippen LogP contribution in [0.3, 0.4) is 0 Å². The van der Waals surface area contributed by atoms with E-state index in [-0.39, 0.29) is 18.6 Å². The average molecular weight is 240 g/mol. The Hall–Kier alpha value is -1.60. The van der Waals surface area contributed by atoms with Gasteiger partial charge in [0.2, 0.25) is 0 Å². The summed E-state index contributed by atoms with van der Waals surface area (Å²) in [5.74, 6) is 0.121. The molecule has 7 nitrogen and oxygen atoms in total. The molecule has 0 aromatic carbocycles. The Labute approximate surface area is 98.8 Å². The third-order valence-electron chi connectivity index (χ3n) is 2.91. The van der Waals surface area contributed by atoms with Crippen LogP contribution in [0.1, 0.15) is 10.4 Å². The van der Waals surface area contributed by atoms with Crippen LogP contribution < -0.4 is 5.73 Å². The number of ether oxygens (including phenoxy) is 1. The molecule has 1 saturated heterocycles. The number of aromatic nitrogens is 2. The highest BCUT2D eigenvalue weighted by Crippen LogP contribution is 2.16. The summed E-state index contributed by atoms with van der Waals surface area (Å²) in [5.41, 5.74) is 6.12. The summed E-state index contributed by atoms with van der Waals surface area (Å²) in [6.45, 7) is 1.16. The normalized spacial score (nSPS) is 20.6. The zero-order valence-corrected chi connectivity index (χ0v) is 9.67. The Morgan fingerprint density at radius 3 is 3.12 bits per heavy atom. The van der Waals surface area contributed by atoms with Gasteiger partial charge in [-0.2, -0.15) is 5.10 Å². The molecule has 1 aromatic rings. The van der Waals surface area contributed by atoms with Crippen LogP contribution in [0, 0.1) is 0 Å². The number of amides is 1. The first-order chi connectivity index (χ1) is 8.15. The number of aliphatic hydroxyl groups excluding tert-OH is 1. The number of rotatable bonds is 2. The first-order valence-electron chi connectivity index (χ1n) is 5.42. The fraction of sp³-hybridized carbons (Fsp3) is 0.600. The molecule has 1 aromatic heterocycles. The topological polar surface area (TPSA) is 93.6 Å². The maximum Gasteiger partial charge on any atom is 0.259 e. The summed E-state index contributed by atoms with van der Waals surface area (Å²) >= 11 is 0. The predicted molar refractivity (Wildman–Crippen MR) is 60.3 cm³/mol. The molecule has 1 aliphatic heterocycles. The number of carbonyl (C=O) groups excluding carboxylic acids is 1. The molecule has 0 saturated carbocycles. The SMILES string of the molecule is Cn1ncc(C(=O)N2CCOCC2CO)c1N. The van der Waals surface area contributed by atoms with Crippen LogP contribution in [-0.4, -0.2) is 58.1 Å². The minimum absolute atomic E-state index is 0.119. The Morgan fingerprint density at radius 1 is 1.76 bits per heavy atom. The quantitative estimate of drug-likeness (QED) is 0.679. The molecule has 1 atom stereocenters. The van der Waals surface area contributed by atoms with E-state index in [1.54, 1.807) is 11.9 Å². The Bertz CT molecular complexity index is 418. The molecule has 0 radical (unpaired) electrons. The van der Waals surface area contributed by atoms with Crippen molar-refractivity contribution >= 4 is 11.7 Å². The number of nitrogens with two attached hydrogens (primary N) is 1. The van der Waals surface area contributed by atoms with Crippen molar-refractivity contribution in [3.63, 3.8) is 0 Å². The summed E-state index contributed by atoms with van der Waals surface area (Å²) in [4.78, 5) is 13.8. The first kappa shape index (κ1) is 11.9. The Kier molecular flexibility index (Phi) is 3.30. The zero-order valence-electron chi connectivity index (χ0n) is 9.67. The second-order valence-corrected chi connectivity index (χ2v) is 3.98. The van der Waals surface area contributed by atoms with Crippen molar-refractivity contribution in [3.05, 3.63) is 11.8 Å². The van der Waals surface area contributed by atoms with Gasteiger partial charge in [-0.25, -0.2) is 0 Å². The highest BCUT2D eigenvalue weighted by atomic mass is 16.5. The summed E-state index contributed by atoms with van der Waals surface area (Å²) in [5, 5.41) is 13.1. The van der Waals surface area contributed by atoms with Crippen molar-refractivity contribution in [2.75, 3.05) is 32.1 Å². The van der Waals surface area contributed by atoms with Crippen molar-refractivity contribution in [2.24, 2.45) is 7.05 Å². The van der Waals surface area contributed by atoms with Gasteiger partial charge in [-0.05, 0) is 0 Å².